The van der Waals surface area contributed by atoms with Crippen molar-refractivity contribution in [2.75, 3.05) is 0 Å². The van der Waals surface area contributed by atoms with Gasteiger partial charge < -0.3 is 14.5 Å². The van der Waals surface area contributed by atoms with Crippen molar-refractivity contribution in [2.45, 2.75) is 6.17 Å². The van der Waals surface area contributed by atoms with E-state index in [4.69, 9.17) is 9.98 Å². The van der Waals surface area contributed by atoms with Gasteiger partial charge in [-0.05, 0) is 71.3 Å². The summed E-state index contributed by atoms with van der Waals surface area (Å²) in [5, 5.41) is 18.0. The van der Waals surface area contributed by atoms with E-state index >= 15 is 0 Å². The first kappa shape index (κ1) is 33.3. The molecule has 272 valence electrons. The lowest BCUT2D eigenvalue weighted by atomic mass is 10.0. The van der Waals surface area contributed by atoms with Crippen molar-refractivity contribution >= 4 is 55.3 Å². The van der Waals surface area contributed by atoms with Crippen LogP contribution in [0.25, 0.3) is 66.1 Å². The van der Waals surface area contributed by atoms with Crippen molar-refractivity contribution in [3.8, 4) is 28.6 Å². The van der Waals surface area contributed by atoms with Gasteiger partial charge in [0.25, 0.3) is 0 Å². The summed E-state index contributed by atoms with van der Waals surface area (Å²) < 4.78 is 4.70. The van der Waals surface area contributed by atoms with Crippen LogP contribution in [0.4, 0.5) is 0 Å². The summed E-state index contributed by atoms with van der Waals surface area (Å²) in [5.41, 5.74) is 12.2. The van der Waals surface area contributed by atoms with Gasteiger partial charge >= 0.3 is 0 Å². The smallest absolute Gasteiger partial charge is 0.161 e. The summed E-state index contributed by atoms with van der Waals surface area (Å²) in [6.45, 7) is 0. The quantitative estimate of drug-likeness (QED) is 0.184. The van der Waals surface area contributed by atoms with E-state index in [1.807, 2.05) is 54.6 Å². The number of aromatic nitrogens is 2. The molecule has 0 saturated carbocycles. The second kappa shape index (κ2) is 13.6. The summed E-state index contributed by atoms with van der Waals surface area (Å²) in [6.07, 6.45) is -0.320. The molecule has 6 heteroatoms. The predicted molar refractivity (Wildman–Crippen MR) is 237 cm³/mol. The number of nitrogens with one attached hydrogen (secondary N) is 1. The highest BCUT2D eigenvalue weighted by Gasteiger charge is 2.24. The van der Waals surface area contributed by atoms with Crippen LogP contribution >= 0.6 is 0 Å². The molecule has 1 N–H and O–H groups in total. The van der Waals surface area contributed by atoms with Crippen molar-refractivity contribution in [3.05, 3.63) is 216 Å². The van der Waals surface area contributed by atoms with E-state index in [-0.39, 0.29) is 6.17 Å². The Balaban J connectivity index is 1.15. The number of amidine groups is 2. The molecular formula is C52H34N6. The molecule has 2 aromatic heterocycles. The zero-order chi connectivity index (χ0) is 38.6. The van der Waals surface area contributed by atoms with E-state index in [1.54, 1.807) is 0 Å². The lowest BCUT2D eigenvalue weighted by Gasteiger charge is -2.24. The van der Waals surface area contributed by atoms with E-state index in [2.05, 4.69) is 160 Å². The van der Waals surface area contributed by atoms with E-state index in [9.17, 15) is 5.26 Å². The molecular weight excluding hydrogens is 709 g/mol. The minimum absolute atomic E-state index is 0.320. The minimum atomic E-state index is -0.320. The second-order valence-corrected chi connectivity index (χ2v) is 14.6. The topological polar surface area (TPSA) is 70.4 Å². The minimum Gasteiger partial charge on any atom is -0.344 e. The molecule has 0 aliphatic carbocycles. The highest BCUT2D eigenvalue weighted by Crippen LogP contribution is 2.39. The summed E-state index contributed by atoms with van der Waals surface area (Å²) in [6, 6.07) is 69.9. The normalized spacial score (nSPS) is 14.0. The van der Waals surface area contributed by atoms with Crippen LogP contribution in [0.1, 0.15) is 28.4 Å². The Morgan fingerprint density at radius 2 is 1.12 bits per heavy atom. The number of rotatable bonds is 6. The third kappa shape index (κ3) is 5.49. The predicted octanol–water partition coefficient (Wildman–Crippen LogP) is 11.9. The highest BCUT2D eigenvalue weighted by atomic mass is 15.2. The van der Waals surface area contributed by atoms with E-state index < -0.39 is 0 Å². The average molecular weight is 743 g/mol. The largest absolute Gasteiger partial charge is 0.344 e. The lowest BCUT2D eigenvalue weighted by molar-refractivity contribution is 0.674. The SMILES string of the molecule is N#Cc1ccc2c(c1)c1ccc(-c3ccccc3)cc1n2-c1ccc2c3ccccc3n(-c3ccccc3C3=NC(c4ccccc4)NC(c4ccccc4)=N3)c2c1. The molecule has 3 heterocycles. The molecule has 0 saturated heterocycles. The van der Waals surface area contributed by atoms with E-state index in [1.165, 1.54) is 0 Å². The molecule has 0 fully saturated rings. The number of fused-ring (bicyclic) bond motifs is 6. The summed E-state index contributed by atoms with van der Waals surface area (Å²) in [7, 11) is 0. The number of hydrogen-bond donors (Lipinski definition) is 1. The molecule has 1 unspecified atom stereocenters. The van der Waals surface area contributed by atoms with Crippen LogP contribution < -0.4 is 5.32 Å². The number of nitriles is 1. The lowest BCUT2D eigenvalue weighted by Crippen LogP contribution is -2.33. The van der Waals surface area contributed by atoms with Crippen molar-refractivity contribution in [2.24, 2.45) is 9.98 Å². The average Bonchev–Trinajstić information content (AvgIpc) is 3.81. The van der Waals surface area contributed by atoms with Crippen LogP contribution in [0.3, 0.4) is 0 Å². The number of para-hydroxylation sites is 2. The number of aliphatic imine (C=N–C) groups is 2. The van der Waals surface area contributed by atoms with Gasteiger partial charge in [0.1, 0.15) is 12.0 Å². The third-order valence-electron chi connectivity index (χ3n) is 11.2. The summed E-state index contributed by atoms with van der Waals surface area (Å²) >= 11 is 0. The number of hydrogen-bond acceptors (Lipinski definition) is 4. The van der Waals surface area contributed by atoms with Crippen molar-refractivity contribution in [1.82, 2.24) is 14.5 Å². The Bertz CT molecular complexity index is 3310. The van der Waals surface area contributed by atoms with Crippen molar-refractivity contribution < 1.29 is 0 Å². The molecule has 10 aromatic rings. The molecule has 8 aromatic carbocycles. The summed E-state index contributed by atoms with van der Waals surface area (Å²) in [5.74, 6) is 1.44. The number of nitrogens with zero attached hydrogens (tertiary/aromatic N) is 5. The van der Waals surface area contributed by atoms with Crippen LogP contribution in [0.5, 0.6) is 0 Å². The molecule has 58 heavy (non-hydrogen) atoms. The number of benzene rings is 8. The van der Waals surface area contributed by atoms with Crippen LogP contribution in [-0.4, -0.2) is 20.8 Å². The fraction of sp³-hybridized carbons (Fsp3) is 0.0192. The van der Waals surface area contributed by atoms with E-state index in [0.29, 0.717) is 11.4 Å². The molecule has 0 radical (unpaired) electrons. The third-order valence-corrected chi connectivity index (χ3v) is 11.2. The van der Waals surface area contributed by atoms with Gasteiger partial charge in [-0.15, -0.1) is 0 Å². The fourth-order valence-corrected chi connectivity index (χ4v) is 8.51. The van der Waals surface area contributed by atoms with Gasteiger partial charge in [-0.25, -0.2) is 9.98 Å². The summed E-state index contributed by atoms with van der Waals surface area (Å²) in [4.78, 5) is 10.5. The van der Waals surface area contributed by atoms with Crippen LogP contribution in [0, 0.1) is 11.3 Å². The van der Waals surface area contributed by atoms with Crippen molar-refractivity contribution in [3.63, 3.8) is 0 Å². The molecule has 1 atom stereocenters. The molecule has 6 nitrogen and oxygen atoms in total. The van der Waals surface area contributed by atoms with Crippen molar-refractivity contribution in [1.29, 1.82) is 5.26 Å². The van der Waals surface area contributed by atoms with Gasteiger partial charge in [0.05, 0.1) is 39.4 Å². The fourth-order valence-electron chi connectivity index (χ4n) is 8.51. The Morgan fingerprint density at radius 3 is 1.93 bits per heavy atom. The molecule has 1 aliphatic rings. The molecule has 0 bridgehead atoms. The van der Waals surface area contributed by atoms with E-state index in [0.717, 1.165) is 88.6 Å². The Labute approximate surface area is 334 Å². The maximum atomic E-state index is 9.89. The zero-order valence-electron chi connectivity index (χ0n) is 31.3. The zero-order valence-corrected chi connectivity index (χ0v) is 31.3. The van der Waals surface area contributed by atoms with Gasteiger partial charge in [0, 0.05) is 38.4 Å². The first-order chi connectivity index (χ1) is 28.7. The van der Waals surface area contributed by atoms with Gasteiger partial charge in [-0.3, -0.25) is 0 Å². The van der Waals surface area contributed by atoms with Gasteiger partial charge in [-0.2, -0.15) is 5.26 Å². The molecule has 1 aliphatic heterocycles. The Hall–Kier alpha value is -8.01. The maximum Gasteiger partial charge on any atom is 0.161 e. The van der Waals surface area contributed by atoms with Crippen LogP contribution in [-0.2, 0) is 0 Å². The first-order valence-electron chi connectivity index (χ1n) is 19.4. The van der Waals surface area contributed by atoms with Gasteiger partial charge in [0.2, 0.25) is 0 Å². The molecule has 0 amide bonds. The van der Waals surface area contributed by atoms with Gasteiger partial charge in [-0.1, -0.05) is 140 Å². The molecule has 0 spiro atoms. The first-order valence-corrected chi connectivity index (χ1v) is 19.4. The highest BCUT2D eigenvalue weighted by molar-refractivity contribution is 6.16. The molecule has 11 rings (SSSR count). The Morgan fingerprint density at radius 1 is 0.483 bits per heavy atom. The monoisotopic (exact) mass is 742 g/mol. The second-order valence-electron chi connectivity index (χ2n) is 14.6. The van der Waals surface area contributed by atoms with Crippen LogP contribution in [0.2, 0.25) is 0 Å². The van der Waals surface area contributed by atoms with Crippen LogP contribution in [0.15, 0.2) is 204 Å². The van der Waals surface area contributed by atoms with Gasteiger partial charge in [0.15, 0.2) is 5.84 Å². The standard InChI is InChI=1S/C52H34N6/c53-33-34-24-29-47-44(30-34)42-27-25-38(35-14-4-1-5-15-35)31-48(42)57(47)39-26-28-41-40-20-10-12-22-45(40)58(49(41)32-39)46-23-13-11-21-43(46)52-55-50(36-16-6-2-7-17-36)54-51(56-52)37-18-8-3-9-19-37/h1-32,50H,(H,54,55,56). The Kier molecular flexibility index (Phi) is 7.83. The maximum absolute atomic E-state index is 9.89.